The van der Waals surface area contributed by atoms with Crippen LogP contribution in [0.15, 0.2) is 0 Å². The Morgan fingerprint density at radius 3 is 2.18 bits per heavy atom. The van der Waals surface area contributed by atoms with Crippen LogP contribution in [0.25, 0.3) is 0 Å². The quantitative estimate of drug-likeness (QED) is 0.118. The minimum absolute atomic E-state index is 0.0939. The first-order chi connectivity index (χ1) is 25.9. The molecule has 2 unspecified atom stereocenters. The van der Waals surface area contributed by atoms with Gasteiger partial charge in [0.2, 0.25) is 0 Å². The van der Waals surface area contributed by atoms with Gasteiger partial charge < -0.3 is 69.5 Å². The van der Waals surface area contributed by atoms with Crippen molar-refractivity contribution >= 4 is 5.97 Å². The van der Waals surface area contributed by atoms with Gasteiger partial charge in [0.15, 0.2) is 12.6 Å². The molecular formula is C41H79N3O12. The second-order valence-electron chi connectivity index (χ2n) is 18.2. The minimum atomic E-state index is -1.81. The van der Waals surface area contributed by atoms with Crippen molar-refractivity contribution in [3.63, 3.8) is 0 Å². The molecule has 3 fully saturated rings. The minimum Gasteiger partial charge on any atom is -0.459 e. The van der Waals surface area contributed by atoms with Crippen molar-refractivity contribution in [2.45, 2.75) is 198 Å². The van der Waals surface area contributed by atoms with E-state index in [0.29, 0.717) is 19.5 Å². The number of cyclic esters (lactones) is 1. The fourth-order valence-corrected chi connectivity index (χ4v) is 9.21. The van der Waals surface area contributed by atoms with Gasteiger partial charge in [0.1, 0.15) is 35.1 Å². The van der Waals surface area contributed by atoms with Crippen LogP contribution in [-0.4, -0.2) is 167 Å². The Kier molecular flexibility index (Phi) is 17.6. The van der Waals surface area contributed by atoms with E-state index in [0.717, 1.165) is 6.42 Å². The van der Waals surface area contributed by atoms with Crippen LogP contribution in [0.4, 0.5) is 0 Å². The fraction of sp³-hybridized carbons (Fsp3) is 0.976. The van der Waals surface area contributed by atoms with Gasteiger partial charge in [0.25, 0.3) is 0 Å². The number of hydrogen-bond donors (Lipinski definition) is 7. The molecule has 3 rings (SSSR count). The Bertz CT molecular complexity index is 1230. The Balaban J connectivity index is 2.16. The van der Waals surface area contributed by atoms with Crippen LogP contribution in [0.1, 0.15) is 108 Å². The summed E-state index contributed by atoms with van der Waals surface area (Å²) < 4.78 is 38.3. The molecule has 0 aromatic carbocycles. The van der Waals surface area contributed by atoms with E-state index in [2.05, 4.69) is 10.6 Å². The summed E-state index contributed by atoms with van der Waals surface area (Å²) in [7, 11) is 5.31. The Labute approximate surface area is 336 Å². The molecule has 15 heteroatoms. The number of hydrogen-bond acceptors (Lipinski definition) is 15. The fourth-order valence-electron chi connectivity index (χ4n) is 9.21. The summed E-state index contributed by atoms with van der Waals surface area (Å²) in [6, 6.07) is -0.877. The maximum atomic E-state index is 14.3. The lowest BCUT2D eigenvalue weighted by Crippen LogP contribution is -2.70. The number of nitrogens with one attached hydrogen (secondary N) is 2. The normalized spacial score (nSPS) is 47.9. The van der Waals surface area contributed by atoms with Crippen LogP contribution < -0.4 is 10.6 Å². The monoisotopic (exact) mass is 806 g/mol. The highest BCUT2D eigenvalue weighted by Gasteiger charge is 2.58. The van der Waals surface area contributed by atoms with Crippen molar-refractivity contribution in [3.05, 3.63) is 0 Å². The Hall–Kier alpha value is -1.05. The lowest BCUT2D eigenvalue weighted by Gasteiger charge is -2.53. The molecule has 0 aliphatic carbocycles. The molecule has 56 heavy (non-hydrogen) atoms. The summed E-state index contributed by atoms with van der Waals surface area (Å²) in [4.78, 5) is 16.2. The maximum Gasteiger partial charge on any atom is 0.311 e. The highest BCUT2D eigenvalue weighted by Crippen LogP contribution is 2.43. The van der Waals surface area contributed by atoms with Crippen LogP contribution in [0, 0.1) is 17.8 Å². The third-order valence-electron chi connectivity index (χ3n) is 13.0. The number of aliphatic hydroxyl groups is 5. The predicted molar refractivity (Wildman–Crippen MR) is 212 cm³/mol. The van der Waals surface area contributed by atoms with Gasteiger partial charge in [-0.3, -0.25) is 4.79 Å². The first kappa shape index (κ1) is 49.3. The molecule has 0 amide bonds. The Morgan fingerprint density at radius 1 is 0.964 bits per heavy atom. The molecular weight excluding hydrogens is 726 g/mol. The van der Waals surface area contributed by atoms with E-state index in [-0.39, 0.29) is 43.9 Å². The van der Waals surface area contributed by atoms with Crippen LogP contribution in [0.5, 0.6) is 0 Å². The summed E-state index contributed by atoms with van der Waals surface area (Å²) in [5.41, 5.74) is -5.95. The number of rotatable bonds is 11. The molecule has 330 valence electrons. The van der Waals surface area contributed by atoms with Crippen molar-refractivity contribution in [1.29, 1.82) is 0 Å². The van der Waals surface area contributed by atoms with Gasteiger partial charge >= 0.3 is 5.97 Å². The predicted octanol–water partition coefficient (Wildman–Crippen LogP) is 1.93. The third-order valence-corrected chi connectivity index (χ3v) is 13.0. The molecule has 18 atom stereocenters. The lowest BCUT2D eigenvalue weighted by atomic mass is 9.75. The van der Waals surface area contributed by atoms with Gasteiger partial charge in [-0.15, -0.1) is 0 Å². The van der Waals surface area contributed by atoms with E-state index >= 15 is 0 Å². The number of ether oxygens (including phenoxy) is 6. The third kappa shape index (κ3) is 11.0. The van der Waals surface area contributed by atoms with Crippen molar-refractivity contribution in [1.82, 2.24) is 15.5 Å². The lowest BCUT2D eigenvalue weighted by molar-refractivity contribution is -0.336. The second-order valence-corrected chi connectivity index (χ2v) is 18.2. The van der Waals surface area contributed by atoms with Crippen LogP contribution >= 0.6 is 0 Å². The zero-order chi connectivity index (χ0) is 42.6. The SMILES string of the molecule is CCCNC[C@]1(O)[C@H](C)O[C@@H](O[C@@H]2C(C)C(=O)O[C@H](CC)[C@@](C)(O)[C@H](O)[C@@H](C)NC[C@H](C)C[C@@](C)(O)C(O[C@@H]3O[C@H](C)C[C@H](N(C)C)[C@H]3O)[C@H]2C)C[C@@]1(C)OC. The highest BCUT2D eigenvalue weighted by atomic mass is 16.7. The van der Waals surface area contributed by atoms with Crippen molar-refractivity contribution in [2.75, 3.05) is 40.8 Å². The molecule has 15 nitrogen and oxygen atoms in total. The molecule has 0 bridgehead atoms. The summed E-state index contributed by atoms with van der Waals surface area (Å²) in [6.07, 6.45) is -6.71. The summed E-state index contributed by atoms with van der Waals surface area (Å²) in [5, 5.41) is 65.8. The molecule has 0 aromatic rings. The Morgan fingerprint density at radius 2 is 1.61 bits per heavy atom. The van der Waals surface area contributed by atoms with Crippen LogP contribution in [-0.2, 0) is 33.2 Å². The first-order valence-corrected chi connectivity index (χ1v) is 20.9. The molecule has 0 radical (unpaired) electrons. The summed E-state index contributed by atoms with van der Waals surface area (Å²) >= 11 is 0. The van der Waals surface area contributed by atoms with E-state index in [4.69, 9.17) is 28.4 Å². The van der Waals surface area contributed by atoms with Gasteiger partial charge in [-0.25, -0.2) is 0 Å². The van der Waals surface area contributed by atoms with E-state index in [9.17, 15) is 30.3 Å². The zero-order valence-corrected chi connectivity index (χ0v) is 36.8. The average Bonchev–Trinajstić information content (AvgIpc) is 3.12. The van der Waals surface area contributed by atoms with E-state index < -0.39 is 95.5 Å². The van der Waals surface area contributed by atoms with E-state index in [1.165, 1.54) is 14.0 Å². The van der Waals surface area contributed by atoms with Crippen molar-refractivity contribution in [2.24, 2.45) is 17.8 Å². The number of carbonyl (C=O) groups excluding carboxylic acids is 1. The molecule has 0 aromatic heterocycles. The molecule has 7 N–H and O–H groups in total. The molecule has 3 aliphatic heterocycles. The largest absolute Gasteiger partial charge is 0.459 e. The molecule has 0 saturated carbocycles. The number of methoxy groups -OCH3 is 1. The summed E-state index contributed by atoms with van der Waals surface area (Å²) in [6.45, 7) is 20.9. The highest BCUT2D eigenvalue weighted by molar-refractivity contribution is 5.73. The number of aliphatic hydroxyl groups excluding tert-OH is 2. The van der Waals surface area contributed by atoms with Crippen LogP contribution in [0.2, 0.25) is 0 Å². The van der Waals surface area contributed by atoms with Crippen LogP contribution in [0.3, 0.4) is 0 Å². The maximum absolute atomic E-state index is 14.3. The molecule has 3 heterocycles. The number of likely N-dealkylation sites (N-methyl/N-ethyl adjacent to an activating group) is 1. The van der Waals surface area contributed by atoms with E-state index in [1.807, 2.05) is 53.6 Å². The molecule has 3 aliphatic rings. The first-order valence-electron chi connectivity index (χ1n) is 20.9. The average molecular weight is 806 g/mol. The molecule has 3 saturated heterocycles. The van der Waals surface area contributed by atoms with E-state index in [1.54, 1.807) is 34.6 Å². The number of carbonyl (C=O) groups is 1. The van der Waals surface area contributed by atoms with Gasteiger partial charge in [-0.1, -0.05) is 27.7 Å². The number of esters is 1. The number of nitrogens with zero attached hydrogens (tertiary/aromatic N) is 1. The molecule has 0 spiro atoms. The van der Waals surface area contributed by atoms with Gasteiger partial charge in [0.05, 0.1) is 35.9 Å². The van der Waals surface area contributed by atoms with Crippen molar-refractivity contribution < 1.29 is 58.7 Å². The van der Waals surface area contributed by atoms with Crippen molar-refractivity contribution in [3.8, 4) is 0 Å². The summed E-state index contributed by atoms with van der Waals surface area (Å²) in [5.74, 6) is -2.66. The zero-order valence-electron chi connectivity index (χ0n) is 36.8. The topological polar surface area (TPSA) is 201 Å². The van der Waals surface area contributed by atoms with Gasteiger partial charge in [-0.2, -0.15) is 0 Å². The second kappa shape index (κ2) is 20.0. The van der Waals surface area contributed by atoms with Gasteiger partial charge in [0, 0.05) is 38.1 Å². The smallest absolute Gasteiger partial charge is 0.311 e. The van der Waals surface area contributed by atoms with Gasteiger partial charge in [-0.05, 0) is 107 Å². The standard InChI is InChI=1S/C41H79N3O12/c1-15-17-42-22-41(50)28(8)53-31(20-39(41,10)51-14)55-33-25(5)35(56-37-32(45)29(44(12)13)18-24(4)52-37)38(9,48)19-23(3)21-43-27(7)34(46)40(11,49)30(16-2)54-36(47)26(33)6/h23-35,37,42-43,45-46,48-50H,15-22H2,1-14H3/t23-,24-,25+,26?,27-,28+,29+,30-,31+,32-,33+,34-,35?,37+,38-,39-,40-,41+/m1/s1.